The van der Waals surface area contributed by atoms with Crippen LogP contribution in [0, 0.1) is 0 Å². The summed E-state index contributed by atoms with van der Waals surface area (Å²) in [5.41, 5.74) is 0.0321. The number of carboxylic acid groups (broad SMARTS) is 1. The number of anilines is 1. The van der Waals surface area contributed by atoms with Gasteiger partial charge in [-0.25, -0.2) is 4.79 Å². The van der Waals surface area contributed by atoms with E-state index in [2.05, 4.69) is 5.32 Å². The van der Waals surface area contributed by atoms with Gasteiger partial charge < -0.3 is 19.9 Å². The fourth-order valence-corrected chi connectivity index (χ4v) is 1.38. The van der Waals surface area contributed by atoms with Gasteiger partial charge in [0.1, 0.15) is 17.1 Å². The number of rotatable bonds is 4. The number of benzene rings is 1. The van der Waals surface area contributed by atoms with E-state index in [0.717, 1.165) is 0 Å². The molecule has 1 amide bonds. The molecule has 0 aliphatic carbocycles. The molecule has 2 N–H and O–H groups in total. The van der Waals surface area contributed by atoms with E-state index in [4.69, 9.17) is 14.6 Å². The van der Waals surface area contributed by atoms with Crippen molar-refractivity contribution in [2.45, 2.75) is 6.92 Å². The topological polar surface area (TPSA) is 84.9 Å². The summed E-state index contributed by atoms with van der Waals surface area (Å²) in [6.07, 6.45) is 0. The van der Waals surface area contributed by atoms with Crippen molar-refractivity contribution >= 4 is 17.6 Å². The van der Waals surface area contributed by atoms with Gasteiger partial charge in [-0.1, -0.05) is 0 Å². The van der Waals surface area contributed by atoms with Gasteiger partial charge in [-0.3, -0.25) is 4.79 Å². The molecule has 0 saturated carbocycles. The second kappa shape index (κ2) is 5.20. The van der Waals surface area contributed by atoms with Crippen LogP contribution in [0.4, 0.5) is 5.69 Å². The van der Waals surface area contributed by atoms with E-state index in [1.165, 1.54) is 33.3 Å². The van der Waals surface area contributed by atoms with Crippen molar-refractivity contribution in [2.75, 3.05) is 19.5 Å². The van der Waals surface area contributed by atoms with Crippen LogP contribution in [0.5, 0.6) is 11.5 Å². The largest absolute Gasteiger partial charge is 0.497 e. The Morgan fingerprint density at radius 2 is 1.88 bits per heavy atom. The lowest BCUT2D eigenvalue weighted by Gasteiger charge is -2.13. The molecular formula is C11H13NO5. The standard InChI is InChI=1S/C11H13NO5/c1-6(13)12-8-4-7(16-2)5-9(17-3)10(8)11(14)15/h4-5H,1-3H3,(H,12,13)(H,14,15). The van der Waals surface area contributed by atoms with Crippen molar-refractivity contribution in [1.29, 1.82) is 0 Å². The lowest BCUT2D eigenvalue weighted by Crippen LogP contribution is -2.12. The van der Waals surface area contributed by atoms with Crippen LogP contribution in [0.15, 0.2) is 12.1 Å². The van der Waals surface area contributed by atoms with Crippen molar-refractivity contribution in [2.24, 2.45) is 0 Å². The lowest BCUT2D eigenvalue weighted by molar-refractivity contribution is -0.114. The van der Waals surface area contributed by atoms with Crippen LogP contribution in [0.1, 0.15) is 17.3 Å². The molecule has 0 fully saturated rings. The maximum atomic E-state index is 11.1. The van der Waals surface area contributed by atoms with Gasteiger partial charge >= 0.3 is 5.97 Å². The zero-order valence-corrected chi connectivity index (χ0v) is 9.73. The van der Waals surface area contributed by atoms with Crippen LogP contribution in [-0.4, -0.2) is 31.2 Å². The number of nitrogens with one attached hydrogen (secondary N) is 1. The number of methoxy groups -OCH3 is 2. The van der Waals surface area contributed by atoms with Gasteiger partial charge in [0.25, 0.3) is 0 Å². The first-order valence-electron chi connectivity index (χ1n) is 4.76. The van der Waals surface area contributed by atoms with Crippen molar-refractivity contribution in [1.82, 2.24) is 0 Å². The predicted octanol–water partition coefficient (Wildman–Crippen LogP) is 1.36. The first-order valence-corrected chi connectivity index (χ1v) is 4.76. The van der Waals surface area contributed by atoms with Crippen molar-refractivity contribution in [3.05, 3.63) is 17.7 Å². The molecule has 17 heavy (non-hydrogen) atoms. The zero-order chi connectivity index (χ0) is 13.0. The molecule has 1 rings (SSSR count). The summed E-state index contributed by atoms with van der Waals surface area (Å²) in [7, 11) is 2.78. The van der Waals surface area contributed by atoms with Crippen molar-refractivity contribution in [3.8, 4) is 11.5 Å². The van der Waals surface area contributed by atoms with Crippen LogP contribution < -0.4 is 14.8 Å². The molecule has 0 spiro atoms. The van der Waals surface area contributed by atoms with Gasteiger partial charge in [-0.2, -0.15) is 0 Å². The lowest BCUT2D eigenvalue weighted by atomic mass is 10.1. The molecule has 1 aromatic carbocycles. The molecule has 0 aliphatic rings. The van der Waals surface area contributed by atoms with E-state index in [0.29, 0.717) is 5.75 Å². The highest BCUT2D eigenvalue weighted by molar-refractivity contribution is 6.02. The third-order valence-electron chi connectivity index (χ3n) is 2.06. The van der Waals surface area contributed by atoms with Crippen LogP contribution in [0.25, 0.3) is 0 Å². The SMILES string of the molecule is COc1cc(NC(C)=O)c(C(=O)O)c(OC)c1. The first-order chi connectivity index (χ1) is 7.99. The van der Waals surface area contributed by atoms with Crippen LogP contribution in [0.3, 0.4) is 0 Å². The van der Waals surface area contributed by atoms with E-state index in [1.54, 1.807) is 0 Å². The summed E-state index contributed by atoms with van der Waals surface area (Å²) in [5, 5.41) is 11.5. The second-order valence-corrected chi connectivity index (χ2v) is 3.24. The minimum absolute atomic E-state index is 0.108. The maximum absolute atomic E-state index is 11.1. The number of carbonyl (C=O) groups is 2. The number of hydrogen-bond donors (Lipinski definition) is 2. The first kappa shape index (κ1) is 12.8. The van der Waals surface area contributed by atoms with E-state index in [-0.39, 0.29) is 22.9 Å². The quantitative estimate of drug-likeness (QED) is 0.828. The van der Waals surface area contributed by atoms with Crippen LogP contribution in [0.2, 0.25) is 0 Å². The number of hydrogen-bond acceptors (Lipinski definition) is 4. The Labute approximate surface area is 98.2 Å². The average Bonchev–Trinajstić information content (AvgIpc) is 2.26. The molecular weight excluding hydrogens is 226 g/mol. The third-order valence-corrected chi connectivity index (χ3v) is 2.06. The molecule has 6 nitrogen and oxygen atoms in total. The second-order valence-electron chi connectivity index (χ2n) is 3.24. The third kappa shape index (κ3) is 2.87. The average molecular weight is 239 g/mol. The number of carboxylic acids is 1. The molecule has 6 heteroatoms. The van der Waals surface area contributed by atoms with Crippen LogP contribution >= 0.6 is 0 Å². The van der Waals surface area contributed by atoms with Crippen LogP contribution in [-0.2, 0) is 4.79 Å². The van der Waals surface area contributed by atoms with Gasteiger partial charge in [0.2, 0.25) is 5.91 Å². The van der Waals surface area contributed by atoms with Gasteiger partial charge in [0.05, 0.1) is 19.9 Å². The minimum Gasteiger partial charge on any atom is -0.497 e. The molecule has 0 atom stereocenters. The number of amides is 1. The summed E-state index contributed by atoms with van der Waals surface area (Å²) in [6, 6.07) is 2.86. The summed E-state index contributed by atoms with van der Waals surface area (Å²) in [5.74, 6) is -1.03. The van der Waals surface area contributed by atoms with Crippen molar-refractivity contribution in [3.63, 3.8) is 0 Å². The Morgan fingerprint density at radius 3 is 2.29 bits per heavy atom. The summed E-state index contributed by atoms with van der Waals surface area (Å²) < 4.78 is 9.95. The summed E-state index contributed by atoms with van der Waals surface area (Å²) in [6.45, 7) is 1.29. The highest BCUT2D eigenvalue weighted by Gasteiger charge is 2.19. The molecule has 92 valence electrons. The Morgan fingerprint density at radius 1 is 1.24 bits per heavy atom. The predicted molar refractivity (Wildman–Crippen MR) is 60.8 cm³/mol. The molecule has 1 aromatic rings. The molecule has 0 bridgehead atoms. The highest BCUT2D eigenvalue weighted by atomic mass is 16.5. The molecule has 0 aliphatic heterocycles. The van der Waals surface area contributed by atoms with Gasteiger partial charge in [0.15, 0.2) is 0 Å². The number of ether oxygens (including phenoxy) is 2. The molecule has 0 radical (unpaired) electrons. The number of aromatic carboxylic acids is 1. The normalized spacial score (nSPS) is 9.59. The van der Waals surface area contributed by atoms with E-state index in [9.17, 15) is 9.59 Å². The van der Waals surface area contributed by atoms with Crippen molar-refractivity contribution < 1.29 is 24.2 Å². The molecule has 0 heterocycles. The molecule has 0 saturated heterocycles. The van der Waals surface area contributed by atoms with E-state index in [1.807, 2.05) is 0 Å². The Hall–Kier alpha value is -2.24. The van der Waals surface area contributed by atoms with Gasteiger partial charge in [-0.05, 0) is 0 Å². The van der Waals surface area contributed by atoms with E-state index < -0.39 is 5.97 Å². The molecule has 0 unspecified atom stereocenters. The Kier molecular flexibility index (Phi) is 3.92. The summed E-state index contributed by atoms with van der Waals surface area (Å²) >= 11 is 0. The minimum atomic E-state index is -1.19. The smallest absolute Gasteiger partial charge is 0.341 e. The number of carbonyl (C=O) groups excluding carboxylic acids is 1. The van der Waals surface area contributed by atoms with Gasteiger partial charge in [0, 0.05) is 19.1 Å². The Bertz CT molecular complexity index is 455. The summed E-state index contributed by atoms with van der Waals surface area (Å²) in [4.78, 5) is 22.1. The maximum Gasteiger partial charge on any atom is 0.341 e. The van der Waals surface area contributed by atoms with Gasteiger partial charge in [-0.15, -0.1) is 0 Å². The zero-order valence-electron chi connectivity index (χ0n) is 9.73. The monoisotopic (exact) mass is 239 g/mol. The fraction of sp³-hybridized carbons (Fsp3) is 0.273. The van der Waals surface area contributed by atoms with E-state index >= 15 is 0 Å². The molecule has 0 aromatic heterocycles. The Balaban J connectivity index is 3.40. The fourth-order valence-electron chi connectivity index (χ4n) is 1.38. The highest BCUT2D eigenvalue weighted by Crippen LogP contribution is 2.32.